The van der Waals surface area contributed by atoms with Gasteiger partial charge in [0.25, 0.3) is 0 Å². The highest BCUT2D eigenvalue weighted by atomic mass is 32.1. The minimum Gasteiger partial charge on any atom is -0.376 e. The number of nitrogens with zero attached hydrogens (tertiary/aromatic N) is 3. The van der Waals surface area contributed by atoms with Crippen LogP contribution in [0, 0.1) is 13.8 Å². The van der Waals surface area contributed by atoms with Gasteiger partial charge < -0.3 is 19.5 Å². The van der Waals surface area contributed by atoms with E-state index in [9.17, 15) is 0 Å². The molecular weight excluding hydrogens is 344 g/mol. The molecule has 4 rings (SSSR count). The Morgan fingerprint density at radius 1 is 1.35 bits per heavy atom. The molecule has 2 aromatic rings. The molecule has 0 aliphatic carbocycles. The standard InChI is InChI=1S/C20H26N4OS/c1-13-11-16(14(2)23(13)3)19-18(17-8-4-5-9-21-17)22-20(26)24(19)12-15-7-6-10-25-15/h4-5,8-9,11,15,18-19H,6-7,10,12H2,1-3H3,(H,22,26). The van der Waals surface area contributed by atoms with Crippen LogP contribution in [0.5, 0.6) is 0 Å². The number of pyridine rings is 1. The third kappa shape index (κ3) is 3.01. The summed E-state index contributed by atoms with van der Waals surface area (Å²) >= 11 is 5.74. The zero-order chi connectivity index (χ0) is 18.3. The summed E-state index contributed by atoms with van der Waals surface area (Å²) in [7, 11) is 2.12. The van der Waals surface area contributed by atoms with Gasteiger partial charge >= 0.3 is 0 Å². The number of ether oxygens (including phenoxy) is 1. The third-order valence-corrected chi connectivity index (χ3v) is 6.11. The van der Waals surface area contributed by atoms with Gasteiger partial charge in [0.1, 0.15) is 0 Å². The fraction of sp³-hybridized carbons (Fsp3) is 0.500. The first kappa shape index (κ1) is 17.5. The fourth-order valence-corrected chi connectivity index (χ4v) is 4.45. The van der Waals surface area contributed by atoms with E-state index in [0.29, 0.717) is 0 Å². The summed E-state index contributed by atoms with van der Waals surface area (Å²) in [5.41, 5.74) is 4.87. The predicted octanol–water partition coefficient (Wildman–Crippen LogP) is 3.19. The monoisotopic (exact) mass is 370 g/mol. The second-order valence-corrected chi connectivity index (χ2v) is 7.69. The first-order chi connectivity index (χ1) is 12.6. The molecule has 2 aromatic heterocycles. The summed E-state index contributed by atoms with van der Waals surface area (Å²) in [5.74, 6) is 0. The molecular formula is C20H26N4OS. The average molecular weight is 371 g/mol. The van der Waals surface area contributed by atoms with Gasteiger partial charge in [-0.3, -0.25) is 4.98 Å². The molecule has 0 radical (unpaired) electrons. The molecule has 1 N–H and O–H groups in total. The maximum atomic E-state index is 5.90. The van der Waals surface area contributed by atoms with E-state index in [1.54, 1.807) is 0 Å². The number of aryl methyl sites for hydroxylation is 1. The van der Waals surface area contributed by atoms with Crippen LogP contribution in [0.2, 0.25) is 0 Å². The molecule has 0 bridgehead atoms. The van der Waals surface area contributed by atoms with E-state index in [4.69, 9.17) is 17.0 Å². The normalized spacial score (nSPS) is 25.7. The summed E-state index contributed by atoms with van der Waals surface area (Å²) in [6.45, 7) is 6.02. The van der Waals surface area contributed by atoms with E-state index in [1.165, 1.54) is 17.0 Å². The fourth-order valence-electron chi connectivity index (χ4n) is 4.13. The Balaban J connectivity index is 1.74. The lowest BCUT2D eigenvalue weighted by atomic mass is 9.96. The van der Waals surface area contributed by atoms with Crippen molar-refractivity contribution < 1.29 is 4.74 Å². The van der Waals surface area contributed by atoms with Crippen molar-refractivity contribution in [2.45, 2.75) is 44.9 Å². The maximum absolute atomic E-state index is 5.90. The predicted molar refractivity (Wildman–Crippen MR) is 106 cm³/mol. The second kappa shape index (κ2) is 7.00. The van der Waals surface area contributed by atoms with Crippen molar-refractivity contribution in [1.82, 2.24) is 19.8 Å². The molecule has 0 saturated carbocycles. The van der Waals surface area contributed by atoms with Crippen LogP contribution in [0.4, 0.5) is 0 Å². The van der Waals surface area contributed by atoms with Crippen LogP contribution in [0.15, 0.2) is 30.5 Å². The lowest BCUT2D eigenvalue weighted by molar-refractivity contribution is 0.0842. The van der Waals surface area contributed by atoms with Crippen LogP contribution in [0.1, 0.15) is 47.6 Å². The van der Waals surface area contributed by atoms with Crippen LogP contribution in [0.3, 0.4) is 0 Å². The molecule has 0 spiro atoms. The molecule has 4 heterocycles. The van der Waals surface area contributed by atoms with Crippen LogP contribution < -0.4 is 5.32 Å². The molecule has 138 valence electrons. The summed E-state index contributed by atoms with van der Waals surface area (Å²) in [5, 5.41) is 4.32. The molecule has 2 fully saturated rings. The quantitative estimate of drug-likeness (QED) is 0.837. The van der Waals surface area contributed by atoms with E-state index >= 15 is 0 Å². The van der Waals surface area contributed by atoms with E-state index in [-0.39, 0.29) is 18.2 Å². The minimum absolute atomic E-state index is 0.0469. The van der Waals surface area contributed by atoms with Crippen molar-refractivity contribution >= 4 is 17.3 Å². The summed E-state index contributed by atoms with van der Waals surface area (Å²) in [6, 6.07) is 8.53. The van der Waals surface area contributed by atoms with Crippen LogP contribution in [-0.4, -0.2) is 38.8 Å². The van der Waals surface area contributed by atoms with E-state index in [2.05, 4.69) is 52.8 Å². The number of thiocarbonyl (C=S) groups is 1. The Morgan fingerprint density at radius 2 is 2.19 bits per heavy atom. The average Bonchev–Trinajstić information content (AvgIpc) is 3.33. The number of hydrogen-bond acceptors (Lipinski definition) is 3. The summed E-state index contributed by atoms with van der Waals surface area (Å²) < 4.78 is 8.14. The maximum Gasteiger partial charge on any atom is 0.170 e. The van der Waals surface area contributed by atoms with Gasteiger partial charge in [-0.2, -0.15) is 0 Å². The zero-order valence-corrected chi connectivity index (χ0v) is 16.4. The Labute approximate surface area is 160 Å². The smallest absolute Gasteiger partial charge is 0.170 e. The van der Waals surface area contributed by atoms with Crippen LogP contribution in [-0.2, 0) is 11.8 Å². The van der Waals surface area contributed by atoms with Crippen molar-refractivity contribution in [3.8, 4) is 0 Å². The molecule has 3 unspecified atom stereocenters. The Hall–Kier alpha value is -1.92. The Kier molecular flexibility index (Phi) is 4.71. The van der Waals surface area contributed by atoms with Gasteiger partial charge in [0, 0.05) is 37.8 Å². The topological polar surface area (TPSA) is 42.3 Å². The van der Waals surface area contributed by atoms with Crippen molar-refractivity contribution in [3.05, 3.63) is 53.1 Å². The van der Waals surface area contributed by atoms with Gasteiger partial charge in [0.2, 0.25) is 0 Å². The molecule has 0 aromatic carbocycles. The van der Waals surface area contributed by atoms with E-state index < -0.39 is 0 Å². The van der Waals surface area contributed by atoms with Gasteiger partial charge in [-0.1, -0.05) is 6.07 Å². The third-order valence-electron chi connectivity index (χ3n) is 5.76. The molecule has 2 saturated heterocycles. The summed E-state index contributed by atoms with van der Waals surface area (Å²) in [6.07, 6.45) is 4.34. The molecule has 26 heavy (non-hydrogen) atoms. The molecule has 0 amide bonds. The molecule has 6 heteroatoms. The molecule has 2 aliphatic rings. The zero-order valence-electron chi connectivity index (χ0n) is 15.6. The van der Waals surface area contributed by atoms with Gasteiger partial charge in [-0.25, -0.2) is 0 Å². The highest BCUT2D eigenvalue weighted by Crippen LogP contribution is 2.41. The van der Waals surface area contributed by atoms with Crippen molar-refractivity contribution in [2.24, 2.45) is 7.05 Å². The van der Waals surface area contributed by atoms with Crippen LogP contribution >= 0.6 is 12.2 Å². The highest BCUT2D eigenvalue weighted by molar-refractivity contribution is 7.80. The largest absolute Gasteiger partial charge is 0.376 e. The first-order valence-electron chi connectivity index (χ1n) is 9.28. The van der Waals surface area contributed by atoms with Crippen molar-refractivity contribution in [1.29, 1.82) is 0 Å². The van der Waals surface area contributed by atoms with Gasteiger partial charge in [-0.15, -0.1) is 0 Å². The summed E-state index contributed by atoms with van der Waals surface area (Å²) in [4.78, 5) is 6.92. The number of aromatic nitrogens is 2. The Bertz CT molecular complexity index is 798. The van der Waals surface area contributed by atoms with Crippen molar-refractivity contribution in [2.75, 3.05) is 13.2 Å². The van der Waals surface area contributed by atoms with Crippen LogP contribution in [0.25, 0.3) is 0 Å². The van der Waals surface area contributed by atoms with Gasteiger partial charge in [0.15, 0.2) is 5.11 Å². The number of rotatable bonds is 4. The highest BCUT2D eigenvalue weighted by Gasteiger charge is 2.42. The van der Waals surface area contributed by atoms with E-state index in [1.807, 2.05) is 18.3 Å². The minimum atomic E-state index is 0.0469. The first-order valence-corrected chi connectivity index (χ1v) is 9.69. The molecule has 3 atom stereocenters. The second-order valence-electron chi connectivity index (χ2n) is 7.30. The molecule has 2 aliphatic heterocycles. The Morgan fingerprint density at radius 3 is 2.81 bits per heavy atom. The SMILES string of the molecule is Cc1cc(C2C(c3ccccn3)NC(=S)N2CC2CCCO2)c(C)n1C. The van der Waals surface area contributed by atoms with Gasteiger partial charge in [0.05, 0.1) is 23.9 Å². The lowest BCUT2D eigenvalue weighted by Crippen LogP contribution is -2.36. The molecule has 5 nitrogen and oxygen atoms in total. The number of hydrogen-bond donors (Lipinski definition) is 1. The lowest BCUT2D eigenvalue weighted by Gasteiger charge is -2.29. The van der Waals surface area contributed by atoms with Gasteiger partial charge in [-0.05, 0) is 62.7 Å². The van der Waals surface area contributed by atoms with Crippen molar-refractivity contribution in [3.63, 3.8) is 0 Å². The number of nitrogens with one attached hydrogen (secondary N) is 1. The van der Waals surface area contributed by atoms with E-state index in [0.717, 1.165) is 36.8 Å².